The van der Waals surface area contributed by atoms with Crippen molar-refractivity contribution in [1.82, 2.24) is 4.98 Å². The number of rotatable bonds is 5. The van der Waals surface area contributed by atoms with Crippen LogP contribution in [0.25, 0.3) is 66.0 Å². The van der Waals surface area contributed by atoms with E-state index in [9.17, 15) is 0 Å². The Morgan fingerprint density at radius 3 is 1.79 bits per heavy atom. The molecule has 0 spiro atoms. The summed E-state index contributed by atoms with van der Waals surface area (Å²) in [6.45, 7) is 0. The van der Waals surface area contributed by atoms with Gasteiger partial charge in [-0.05, 0) is 34.0 Å². The SMILES string of the molecule is O=P(c1ccccc1)(c1ccccc1)c1ccc(-c2cccc3nc(-c4cccc5ccccc45)c4oc5ccccc5c4c23)cc1. The Morgan fingerprint density at radius 2 is 1.04 bits per heavy atom. The first-order chi connectivity index (χ1) is 23.2. The van der Waals surface area contributed by atoms with Crippen LogP contribution >= 0.6 is 7.14 Å². The lowest BCUT2D eigenvalue weighted by Crippen LogP contribution is -2.24. The monoisotopic (exact) mass is 621 g/mol. The van der Waals surface area contributed by atoms with Crippen LogP contribution in [0.3, 0.4) is 0 Å². The third-order valence-corrected chi connectivity index (χ3v) is 12.2. The van der Waals surface area contributed by atoms with E-state index >= 15 is 4.57 Å². The Labute approximate surface area is 272 Å². The van der Waals surface area contributed by atoms with Crippen LogP contribution in [0.15, 0.2) is 174 Å². The molecule has 0 saturated heterocycles. The molecule has 9 rings (SSSR count). The lowest BCUT2D eigenvalue weighted by atomic mass is 9.94. The van der Waals surface area contributed by atoms with Crippen molar-refractivity contribution in [3.05, 3.63) is 170 Å². The molecule has 222 valence electrons. The zero-order valence-corrected chi connectivity index (χ0v) is 26.3. The Morgan fingerprint density at radius 1 is 0.468 bits per heavy atom. The quantitative estimate of drug-likeness (QED) is 0.180. The molecule has 0 bridgehead atoms. The van der Waals surface area contributed by atoms with E-state index in [1.54, 1.807) is 0 Å². The number of pyridine rings is 1. The lowest BCUT2D eigenvalue weighted by molar-refractivity contribution is 0.592. The maximum atomic E-state index is 15.0. The zero-order chi connectivity index (χ0) is 31.4. The van der Waals surface area contributed by atoms with Crippen LogP contribution < -0.4 is 15.9 Å². The number of furan rings is 1. The van der Waals surface area contributed by atoms with Gasteiger partial charge in [-0.3, -0.25) is 0 Å². The first-order valence-electron chi connectivity index (χ1n) is 15.7. The number of aromatic nitrogens is 1. The second kappa shape index (κ2) is 10.9. The molecule has 0 radical (unpaired) electrons. The van der Waals surface area contributed by atoms with Crippen LogP contribution in [-0.2, 0) is 4.57 Å². The molecule has 9 aromatic rings. The number of hydrogen-bond acceptors (Lipinski definition) is 3. The standard InChI is InChI=1S/C43H28NO2P/c45-47(31-15-3-1-4-16-31,32-17-5-2-6-18-32)33-27-25-30(26-28-33)35-21-12-23-38-40(35)41-37-20-9-10-24-39(37)46-43(41)42(44-38)36-22-11-14-29-13-7-8-19-34(29)36/h1-28H. The van der Waals surface area contributed by atoms with Gasteiger partial charge < -0.3 is 8.98 Å². The van der Waals surface area contributed by atoms with Gasteiger partial charge in [-0.15, -0.1) is 0 Å². The molecule has 2 heterocycles. The number of benzene rings is 7. The first-order valence-corrected chi connectivity index (χ1v) is 17.5. The van der Waals surface area contributed by atoms with E-state index in [2.05, 4.69) is 84.9 Å². The molecule has 0 aliphatic heterocycles. The van der Waals surface area contributed by atoms with E-state index in [0.29, 0.717) is 0 Å². The highest BCUT2D eigenvalue weighted by Gasteiger charge is 2.29. The summed E-state index contributed by atoms with van der Waals surface area (Å²) in [5.74, 6) is 0. The largest absolute Gasteiger partial charge is 0.454 e. The molecule has 0 fully saturated rings. The molecule has 0 aliphatic carbocycles. The molecule has 47 heavy (non-hydrogen) atoms. The molecule has 0 aliphatic rings. The summed E-state index contributed by atoms with van der Waals surface area (Å²) in [4.78, 5) is 5.30. The highest BCUT2D eigenvalue weighted by atomic mass is 31.2. The third-order valence-electron chi connectivity index (χ3n) is 9.16. The van der Waals surface area contributed by atoms with Crippen molar-refractivity contribution in [1.29, 1.82) is 0 Å². The van der Waals surface area contributed by atoms with Crippen molar-refractivity contribution in [2.45, 2.75) is 0 Å². The highest BCUT2D eigenvalue weighted by Crippen LogP contribution is 2.45. The molecular formula is C43H28NO2P. The van der Waals surface area contributed by atoms with Crippen LogP contribution in [0.2, 0.25) is 0 Å². The topological polar surface area (TPSA) is 43.1 Å². The second-order valence-electron chi connectivity index (χ2n) is 11.8. The summed E-state index contributed by atoms with van der Waals surface area (Å²) in [7, 11) is -3.09. The number of fused-ring (bicyclic) bond motifs is 6. The lowest BCUT2D eigenvalue weighted by Gasteiger charge is -2.20. The van der Waals surface area contributed by atoms with Crippen molar-refractivity contribution >= 4 is 66.7 Å². The van der Waals surface area contributed by atoms with Crippen molar-refractivity contribution in [3.8, 4) is 22.4 Å². The first kappa shape index (κ1) is 27.5. The highest BCUT2D eigenvalue weighted by molar-refractivity contribution is 7.85. The van der Waals surface area contributed by atoms with Gasteiger partial charge in [0.05, 0.1) is 5.52 Å². The van der Waals surface area contributed by atoms with Gasteiger partial charge >= 0.3 is 0 Å². The molecule has 4 heteroatoms. The third kappa shape index (κ3) is 4.35. The Kier molecular flexibility index (Phi) is 6.41. The van der Waals surface area contributed by atoms with Crippen molar-refractivity contribution in [2.24, 2.45) is 0 Å². The van der Waals surface area contributed by atoms with E-state index in [1.165, 1.54) is 0 Å². The van der Waals surface area contributed by atoms with Crippen LogP contribution in [0.5, 0.6) is 0 Å². The Hall–Kier alpha value is -5.76. The predicted molar refractivity (Wildman–Crippen MR) is 197 cm³/mol. The van der Waals surface area contributed by atoms with Crippen molar-refractivity contribution in [2.75, 3.05) is 0 Å². The minimum Gasteiger partial charge on any atom is -0.454 e. The summed E-state index contributed by atoms with van der Waals surface area (Å²) in [5, 5.41) is 7.88. The summed E-state index contributed by atoms with van der Waals surface area (Å²) in [6, 6.07) is 57.1. The molecule has 2 aromatic heterocycles. The van der Waals surface area contributed by atoms with E-state index in [-0.39, 0.29) is 0 Å². The Balaban J connectivity index is 1.28. The molecule has 0 unspecified atom stereocenters. The van der Waals surface area contributed by atoms with Crippen LogP contribution in [0.1, 0.15) is 0 Å². The smallest absolute Gasteiger partial charge is 0.171 e. The normalized spacial score (nSPS) is 11.9. The fourth-order valence-electron chi connectivity index (χ4n) is 6.96. The van der Waals surface area contributed by atoms with Gasteiger partial charge in [0.15, 0.2) is 12.7 Å². The van der Waals surface area contributed by atoms with Crippen molar-refractivity contribution in [3.63, 3.8) is 0 Å². The summed E-state index contributed by atoms with van der Waals surface area (Å²) >= 11 is 0. The second-order valence-corrected chi connectivity index (χ2v) is 14.6. The molecule has 0 saturated carbocycles. The molecule has 0 amide bonds. The zero-order valence-electron chi connectivity index (χ0n) is 25.4. The van der Waals surface area contributed by atoms with E-state index in [4.69, 9.17) is 9.40 Å². The van der Waals surface area contributed by atoms with Crippen LogP contribution in [-0.4, -0.2) is 4.98 Å². The van der Waals surface area contributed by atoms with E-state index < -0.39 is 7.14 Å². The van der Waals surface area contributed by atoms with E-state index in [0.717, 1.165) is 81.9 Å². The fraction of sp³-hybridized carbons (Fsp3) is 0. The van der Waals surface area contributed by atoms with Gasteiger partial charge in [0.25, 0.3) is 0 Å². The maximum Gasteiger partial charge on any atom is 0.171 e. The summed E-state index contributed by atoms with van der Waals surface area (Å²) in [6.07, 6.45) is 0. The number of nitrogens with zero attached hydrogens (tertiary/aromatic N) is 1. The molecule has 3 nitrogen and oxygen atoms in total. The van der Waals surface area contributed by atoms with Gasteiger partial charge in [0.2, 0.25) is 0 Å². The van der Waals surface area contributed by atoms with Gasteiger partial charge in [-0.2, -0.15) is 0 Å². The minimum absolute atomic E-state index is 0.775. The molecule has 7 aromatic carbocycles. The summed E-state index contributed by atoms with van der Waals surface area (Å²) in [5.41, 5.74) is 6.45. The van der Waals surface area contributed by atoms with Crippen LogP contribution in [0.4, 0.5) is 0 Å². The molecular weight excluding hydrogens is 593 g/mol. The maximum absolute atomic E-state index is 15.0. The minimum atomic E-state index is -3.09. The Bertz CT molecular complexity index is 2590. The van der Waals surface area contributed by atoms with Gasteiger partial charge in [-0.25, -0.2) is 4.98 Å². The number of para-hydroxylation sites is 1. The average molecular weight is 622 g/mol. The number of hydrogen-bond donors (Lipinski definition) is 0. The molecule has 0 N–H and O–H groups in total. The van der Waals surface area contributed by atoms with Gasteiger partial charge in [-0.1, -0.05) is 158 Å². The van der Waals surface area contributed by atoms with E-state index in [1.807, 2.05) is 84.9 Å². The average Bonchev–Trinajstić information content (AvgIpc) is 3.54. The predicted octanol–water partition coefficient (Wildman–Crippen LogP) is 10.3. The van der Waals surface area contributed by atoms with Gasteiger partial charge in [0.1, 0.15) is 11.3 Å². The van der Waals surface area contributed by atoms with Gasteiger partial charge in [0, 0.05) is 37.6 Å². The fourth-order valence-corrected chi connectivity index (χ4v) is 9.60. The van der Waals surface area contributed by atoms with Crippen LogP contribution in [0, 0.1) is 0 Å². The molecule has 0 atom stereocenters. The van der Waals surface area contributed by atoms with Crippen molar-refractivity contribution < 1.29 is 8.98 Å². The summed E-state index contributed by atoms with van der Waals surface area (Å²) < 4.78 is 21.7.